The zero-order valence-corrected chi connectivity index (χ0v) is 12.6. The number of amides is 2. The first-order valence-corrected chi connectivity index (χ1v) is 7.12. The molecule has 0 spiro atoms. The molecule has 3 N–H and O–H groups in total. The summed E-state index contributed by atoms with van der Waals surface area (Å²) in [6.07, 6.45) is 0.799. The van der Waals surface area contributed by atoms with E-state index in [1.807, 2.05) is 13.8 Å². The zero-order chi connectivity index (χ0) is 16.7. The summed E-state index contributed by atoms with van der Waals surface area (Å²) in [5.41, 5.74) is 0.248. The second kappa shape index (κ2) is 8.63. The van der Waals surface area contributed by atoms with Crippen LogP contribution in [0.3, 0.4) is 0 Å². The van der Waals surface area contributed by atoms with Gasteiger partial charge in [0, 0.05) is 6.54 Å². The third kappa shape index (κ3) is 5.93. The Morgan fingerprint density at radius 1 is 1.23 bits per heavy atom. The molecule has 0 aliphatic carbocycles. The summed E-state index contributed by atoms with van der Waals surface area (Å²) in [5, 5.41) is 14.3. The monoisotopic (exact) mass is 318 g/mol. The summed E-state index contributed by atoms with van der Waals surface area (Å²) in [6.45, 7) is 3.91. The van der Waals surface area contributed by atoms with E-state index in [-0.39, 0.29) is 31.2 Å². The predicted molar refractivity (Wildman–Crippen MR) is 76.9 cm³/mol. The van der Waals surface area contributed by atoms with Crippen LogP contribution in [0.15, 0.2) is 12.1 Å². The van der Waals surface area contributed by atoms with Gasteiger partial charge in [-0.05, 0) is 36.5 Å². The summed E-state index contributed by atoms with van der Waals surface area (Å²) >= 11 is 0. The Hall–Kier alpha value is -1.76. The smallest absolute Gasteiger partial charge is 0.315 e. The molecule has 1 aromatic carbocycles. The van der Waals surface area contributed by atoms with Gasteiger partial charge in [-0.15, -0.1) is 0 Å². The lowest BCUT2D eigenvalue weighted by Gasteiger charge is -2.18. The Balaban J connectivity index is 2.42. The van der Waals surface area contributed by atoms with Gasteiger partial charge in [0.1, 0.15) is 0 Å². The number of halogens is 3. The van der Waals surface area contributed by atoms with E-state index in [0.717, 1.165) is 12.1 Å². The van der Waals surface area contributed by atoms with E-state index >= 15 is 0 Å². The molecule has 0 saturated heterocycles. The van der Waals surface area contributed by atoms with Crippen LogP contribution in [-0.4, -0.2) is 30.3 Å². The largest absolute Gasteiger partial charge is 0.394 e. The molecule has 1 unspecified atom stereocenters. The molecule has 0 radical (unpaired) electrons. The predicted octanol–water partition coefficient (Wildman–Crippen LogP) is 2.35. The zero-order valence-electron chi connectivity index (χ0n) is 12.6. The number of aliphatic hydroxyl groups is 1. The van der Waals surface area contributed by atoms with Gasteiger partial charge >= 0.3 is 6.03 Å². The summed E-state index contributed by atoms with van der Waals surface area (Å²) in [5.74, 6) is -3.69. The molecule has 1 aromatic rings. The number of carbonyl (C=O) groups excluding carboxylic acids is 1. The minimum Gasteiger partial charge on any atom is -0.394 e. The van der Waals surface area contributed by atoms with Crippen molar-refractivity contribution in [3.05, 3.63) is 35.1 Å². The average molecular weight is 318 g/mol. The van der Waals surface area contributed by atoms with Crippen molar-refractivity contribution in [1.29, 1.82) is 0 Å². The molecule has 0 aliphatic rings. The molecule has 0 aliphatic heterocycles. The number of nitrogens with one attached hydrogen (secondary N) is 2. The van der Waals surface area contributed by atoms with Crippen molar-refractivity contribution in [2.45, 2.75) is 32.7 Å². The van der Waals surface area contributed by atoms with Crippen molar-refractivity contribution in [1.82, 2.24) is 10.6 Å². The minimum absolute atomic E-state index is 0.135. The number of urea groups is 1. The van der Waals surface area contributed by atoms with Crippen molar-refractivity contribution >= 4 is 6.03 Å². The molecular formula is C15H21F3N2O2. The molecule has 124 valence electrons. The highest BCUT2D eigenvalue weighted by atomic mass is 19.2. The second-order valence-corrected chi connectivity index (χ2v) is 5.53. The van der Waals surface area contributed by atoms with Gasteiger partial charge in [0.05, 0.1) is 12.6 Å². The first kappa shape index (κ1) is 18.3. The topological polar surface area (TPSA) is 61.4 Å². The van der Waals surface area contributed by atoms with Crippen LogP contribution >= 0.6 is 0 Å². The molecule has 2 amide bonds. The van der Waals surface area contributed by atoms with Gasteiger partial charge in [-0.25, -0.2) is 18.0 Å². The normalized spacial score (nSPS) is 12.3. The van der Waals surface area contributed by atoms with Crippen LogP contribution in [0.1, 0.15) is 25.8 Å². The number of benzene rings is 1. The Morgan fingerprint density at radius 2 is 1.82 bits per heavy atom. The maximum Gasteiger partial charge on any atom is 0.315 e. The fourth-order valence-electron chi connectivity index (χ4n) is 2.06. The van der Waals surface area contributed by atoms with E-state index in [9.17, 15) is 18.0 Å². The summed E-state index contributed by atoms with van der Waals surface area (Å²) in [7, 11) is 0. The maximum absolute atomic E-state index is 13.0. The molecule has 1 rings (SSSR count). The van der Waals surface area contributed by atoms with Crippen LogP contribution in [0.2, 0.25) is 0 Å². The molecule has 0 saturated carbocycles. The molecular weight excluding hydrogens is 297 g/mol. The van der Waals surface area contributed by atoms with Crippen LogP contribution in [0.5, 0.6) is 0 Å². The first-order valence-electron chi connectivity index (χ1n) is 7.12. The van der Waals surface area contributed by atoms with Crippen LogP contribution in [-0.2, 0) is 6.42 Å². The van der Waals surface area contributed by atoms with E-state index in [4.69, 9.17) is 5.11 Å². The fraction of sp³-hybridized carbons (Fsp3) is 0.533. The van der Waals surface area contributed by atoms with Crippen LogP contribution in [0.25, 0.3) is 0 Å². The van der Waals surface area contributed by atoms with Crippen molar-refractivity contribution in [3.8, 4) is 0 Å². The molecule has 4 nitrogen and oxygen atoms in total. The van der Waals surface area contributed by atoms with Gasteiger partial charge in [0.2, 0.25) is 0 Å². The summed E-state index contributed by atoms with van der Waals surface area (Å²) < 4.78 is 38.8. The van der Waals surface area contributed by atoms with Gasteiger partial charge in [-0.3, -0.25) is 0 Å². The standard InChI is InChI=1S/C15H21F3N2O2/c1-9(2)5-11(8-21)20-15(22)19-4-3-10-6-12(16)14(18)13(17)7-10/h6-7,9,11,21H,3-5,8H2,1-2H3,(H2,19,20,22). The first-order chi connectivity index (χ1) is 10.3. The molecule has 0 fully saturated rings. The van der Waals surface area contributed by atoms with Crippen molar-refractivity contribution < 1.29 is 23.1 Å². The minimum atomic E-state index is -1.51. The van der Waals surface area contributed by atoms with Gasteiger partial charge in [-0.1, -0.05) is 13.8 Å². The molecule has 0 bridgehead atoms. The highest BCUT2D eigenvalue weighted by Gasteiger charge is 2.13. The van der Waals surface area contributed by atoms with Crippen LogP contribution in [0.4, 0.5) is 18.0 Å². The molecule has 0 heterocycles. The highest BCUT2D eigenvalue weighted by Crippen LogP contribution is 2.13. The quantitative estimate of drug-likeness (QED) is 0.676. The molecule has 22 heavy (non-hydrogen) atoms. The summed E-state index contributed by atoms with van der Waals surface area (Å²) in [4.78, 5) is 11.6. The van der Waals surface area contributed by atoms with Gasteiger partial charge in [0.25, 0.3) is 0 Å². The Bertz CT molecular complexity index is 487. The molecule has 1 atom stereocenters. The molecule has 7 heteroatoms. The lowest BCUT2D eigenvalue weighted by Crippen LogP contribution is -2.44. The van der Waals surface area contributed by atoms with E-state index < -0.39 is 23.5 Å². The van der Waals surface area contributed by atoms with Crippen LogP contribution in [0, 0.1) is 23.4 Å². The number of hydrogen-bond donors (Lipinski definition) is 3. The third-order valence-electron chi connectivity index (χ3n) is 3.05. The Labute approximate surface area is 127 Å². The van der Waals surface area contributed by atoms with E-state index in [2.05, 4.69) is 10.6 Å². The average Bonchev–Trinajstić information content (AvgIpc) is 2.43. The Kier molecular flexibility index (Phi) is 7.17. The number of aliphatic hydroxyl groups excluding tert-OH is 1. The third-order valence-corrected chi connectivity index (χ3v) is 3.05. The lowest BCUT2D eigenvalue weighted by atomic mass is 10.0. The van der Waals surface area contributed by atoms with Crippen molar-refractivity contribution in [2.24, 2.45) is 5.92 Å². The van der Waals surface area contributed by atoms with Gasteiger partial charge in [-0.2, -0.15) is 0 Å². The second-order valence-electron chi connectivity index (χ2n) is 5.53. The van der Waals surface area contributed by atoms with Gasteiger partial charge < -0.3 is 15.7 Å². The lowest BCUT2D eigenvalue weighted by molar-refractivity contribution is 0.207. The fourth-order valence-corrected chi connectivity index (χ4v) is 2.06. The number of hydrogen-bond acceptors (Lipinski definition) is 2. The SMILES string of the molecule is CC(C)CC(CO)NC(=O)NCCc1cc(F)c(F)c(F)c1. The van der Waals surface area contributed by atoms with E-state index in [1.165, 1.54) is 0 Å². The van der Waals surface area contributed by atoms with Crippen molar-refractivity contribution in [3.63, 3.8) is 0 Å². The van der Waals surface area contributed by atoms with Crippen LogP contribution < -0.4 is 10.6 Å². The van der Waals surface area contributed by atoms with E-state index in [1.54, 1.807) is 0 Å². The van der Waals surface area contributed by atoms with E-state index in [0.29, 0.717) is 12.3 Å². The Morgan fingerprint density at radius 3 is 2.32 bits per heavy atom. The van der Waals surface area contributed by atoms with Gasteiger partial charge in [0.15, 0.2) is 17.5 Å². The summed E-state index contributed by atoms with van der Waals surface area (Å²) in [6, 6.07) is 0.976. The van der Waals surface area contributed by atoms with Crippen molar-refractivity contribution in [2.75, 3.05) is 13.2 Å². The maximum atomic E-state index is 13.0. The number of rotatable bonds is 7. The number of carbonyl (C=O) groups is 1. The highest BCUT2D eigenvalue weighted by molar-refractivity contribution is 5.74. The molecule has 0 aromatic heterocycles.